The van der Waals surface area contributed by atoms with Gasteiger partial charge < -0.3 is 10.6 Å². The number of anilines is 3. The van der Waals surface area contributed by atoms with Crippen molar-refractivity contribution in [2.75, 3.05) is 10.6 Å². The SMILES string of the molecule is CCc1cccc(CC)c1NC(=O)c1cc(C)nc(Nc2cccc(C#N)c2)n1. The molecule has 0 spiro atoms. The maximum Gasteiger partial charge on any atom is 0.274 e. The Kier molecular flexibility index (Phi) is 6.20. The Bertz CT molecular complexity index is 1060. The number of rotatable bonds is 6. The van der Waals surface area contributed by atoms with Gasteiger partial charge in [0.25, 0.3) is 5.91 Å². The second kappa shape index (κ2) is 8.98. The molecular weight excluding hydrogens is 362 g/mol. The van der Waals surface area contributed by atoms with Crippen molar-refractivity contribution in [1.82, 2.24) is 9.97 Å². The lowest BCUT2D eigenvalue weighted by molar-refractivity contribution is 0.102. The second-order valence-electron chi connectivity index (χ2n) is 6.65. The van der Waals surface area contributed by atoms with E-state index in [-0.39, 0.29) is 11.6 Å². The zero-order chi connectivity index (χ0) is 20.8. The summed E-state index contributed by atoms with van der Waals surface area (Å²) in [5.74, 6) is 0.0321. The number of amides is 1. The quantitative estimate of drug-likeness (QED) is 0.637. The van der Waals surface area contributed by atoms with Gasteiger partial charge in [-0.05, 0) is 55.2 Å². The van der Waals surface area contributed by atoms with E-state index < -0.39 is 0 Å². The number of carbonyl (C=O) groups excluding carboxylic acids is 1. The van der Waals surface area contributed by atoms with Crippen LogP contribution in [0.1, 0.15) is 46.7 Å². The van der Waals surface area contributed by atoms with Gasteiger partial charge in [0.15, 0.2) is 0 Å². The number of benzene rings is 2. The number of para-hydroxylation sites is 1. The number of hydrogen-bond donors (Lipinski definition) is 2. The highest BCUT2D eigenvalue weighted by Crippen LogP contribution is 2.23. The van der Waals surface area contributed by atoms with E-state index in [1.807, 2.05) is 31.2 Å². The lowest BCUT2D eigenvalue weighted by Gasteiger charge is -2.15. The molecule has 3 rings (SSSR count). The predicted octanol–water partition coefficient (Wildman–Crippen LogP) is 4.78. The number of carbonyl (C=O) groups is 1. The molecule has 1 amide bonds. The maximum absolute atomic E-state index is 12.9. The molecule has 0 atom stereocenters. The molecular formula is C23H23N5O. The fraction of sp³-hybridized carbons (Fsp3) is 0.217. The van der Waals surface area contributed by atoms with E-state index in [1.54, 1.807) is 24.3 Å². The molecule has 0 radical (unpaired) electrons. The number of nitrogens with zero attached hydrogens (tertiary/aromatic N) is 3. The molecule has 1 aromatic heterocycles. The summed E-state index contributed by atoms with van der Waals surface area (Å²) in [6, 6.07) is 16.8. The molecule has 0 aliphatic carbocycles. The van der Waals surface area contributed by atoms with Crippen LogP contribution >= 0.6 is 0 Å². The van der Waals surface area contributed by atoms with Crippen molar-refractivity contribution in [3.8, 4) is 6.07 Å². The fourth-order valence-electron chi connectivity index (χ4n) is 3.12. The standard InChI is InChI=1S/C23H23N5O/c1-4-17-9-7-10-18(5-2)21(17)28-22(29)20-12-15(3)25-23(27-20)26-19-11-6-8-16(13-19)14-24/h6-13H,4-5H2,1-3H3,(H,28,29)(H,25,26,27). The molecule has 2 aromatic carbocycles. The molecule has 29 heavy (non-hydrogen) atoms. The van der Waals surface area contributed by atoms with Crippen LogP contribution in [0.5, 0.6) is 0 Å². The first-order valence-electron chi connectivity index (χ1n) is 9.59. The number of nitriles is 1. The molecule has 146 valence electrons. The van der Waals surface area contributed by atoms with Gasteiger partial charge in [0.05, 0.1) is 11.6 Å². The van der Waals surface area contributed by atoms with Gasteiger partial charge in [0, 0.05) is 17.1 Å². The summed E-state index contributed by atoms with van der Waals surface area (Å²) in [5, 5.41) is 15.2. The first-order valence-corrected chi connectivity index (χ1v) is 9.59. The van der Waals surface area contributed by atoms with Crippen LogP contribution < -0.4 is 10.6 Å². The average Bonchev–Trinajstić information content (AvgIpc) is 2.73. The third kappa shape index (κ3) is 4.77. The molecule has 6 nitrogen and oxygen atoms in total. The van der Waals surface area contributed by atoms with Crippen LogP contribution in [0.3, 0.4) is 0 Å². The van der Waals surface area contributed by atoms with Gasteiger partial charge in [0.1, 0.15) is 5.69 Å². The third-order valence-corrected chi connectivity index (χ3v) is 4.57. The van der Waals surface area contributed by atoms with Crippen LogP contribution in [-0.2, 0) is 12.8 Å². The molecule has 3 aromatic rings. The van der Waals surface area contributed by atoms with Gasteiger partial charge >= 0.3 is 0 Å². The third-order valence-electron chi connectivity index (χ3n) is 4.57. The van der Waals surface area contributed by atoms with Crippen LogP contribution in [0, 0.1) is 18.3 Å². The summed E-state index contributed by atoms with van der Waals surface area (Å²) >= 11 is 0. The smallest absolute Gasteiger partial charge is 0.274 e. The molecule has 0 saturated heterocycles. The Morgan fingerprint density at radius 3 is 2.38 bits per heavy atom. The minimum atomic E-state index is -0.278. The summed E-state index contributed by atoms with van der Waals surface area (Å²) in [5.41, 5.74) is 5.21. The summed E-state index contributed by atoms with van der Waals surface area (Å²) in [4.78, 5) is 21.7. The lowest BCUT2D eigenvalue weighted by Crippen LogP contribution is -2.17. The summed E-state index contributed by atoms with van der Waals surface area (Å²) < 4.78 is 0. The second-order valence-corrected chi connectivity index (χ2v) is 6.65. The van der Waals surface area contributed by atoms with Gasteiger partial charge in [-0.25, -0.2) is 9.97 Å². The van der Waals surface area contributed by atoms with Crippen molar-refractivity contribution in [3.05, 3.63) is 76.6 Å². The first-order chi connectivity index (χ1) is 14.0. The van der Waals surface area contributed by atoms with Crippen LogP contribution in [0.25, 0.3) is 0 Å². The van der Waals surface area contributed by atoms with Crippen LogP contribution in [0.4, 0.5) is 17.3 Å². The van der Waals surface area contributed by atoms with Crippen molar-refractivity contribution in [3.63, 3.8) is 0 Å². The van der Waals surface area contributed by atoms with E-state index in [1.165, 1.54) is 0 Å². The molecule has 1 heterocycles. The Morgan fingerprint density at radius 2 is 1.72 bits per heavy atom. The van der Waals surface area contributed by atoms with Crippen molar-refractivity contribution in [2.45, 2.75) is 33.6 Å². The number of nitrogens with one attached hydrogen (secondary N) is 2. The molecule has 6 heteroatoms. The Balaban J connectivity index is 1.88. The molecule has 0 saturated carbocycles. The zero-order valence-electron chi connectivity index (χ0n) is 16.8. The molecule has 0 aliphatic heterocycles. The van der Waals surface area contributed by atoms with Crippen LogP contribution in [-0.4, -0.2) is 15.9 Å². The predicted molar refractivity (Wildman–Crippen MR) is 114 cm³/mol. The van der Waals surface area contributed by atoms with Gasteiger partial charge in [-0.15, -0.1) is 0 Å². The highest BCUT2D eigenvalue weighted by atomic mass is 16.1. The monoisotopic (exact) mass is 385 g/mol. The normalized spacial score (nSPS) is 10.3. The van der Waals surface area contributed by atoms with Crippen molar-refractivity contribution in [1.29, 1.82) is 5.26 Å². The summed E-state index contributed by atoms with van der Waals surface area (Å²) in [6.45, 7) is 5.94. The van der Waals surface area contributed by atoms with Crippen molar-refractivity contribution in [2.24, 2.45) is 0 Å². The summed E-state index contributed by atoms with van der Waals surface area (Å²) in [7, 11) is 0. The number of aryl methyl sites for hydroxylation is 3. The largest absolute Gasteiger partial charge is 0.324 e. The van der Waals surface area contributed by atoms with Gasteiger partial charge in [-0.3, -0.25) is 4.79 Å². The molecule has 0 unspecified atom stereocenters. The highest BCUT2D eigenvalue weighted by molar-refractivity contribution is 6.04. The average molecular weight is 385 g/mol. The van der Waals surface area contributed by atoms with E-state index in [9.17, 15) is 4.79 Å². The van der Waals surface area contributed by atoms with E-state index in [4.69, 9.17) is 5.26 Å². The molecule has 0 aliphatic rings. The number of aromatic nitrogens is 2. The zero-order valence-corrected chi connectivity index (χ0v) is 16.8. The van der Waals surface area contributed by atoms with Crippen molar-refractivity contribution < 1.29 is 4.79 Å². The summed E-state index contributed by atoms with van der Waals surface area (Å²) in [6.07, 6.45) is 1.66. The highest BCUT2D eigenvalue weighted by Gasteiger charge is 2.15. The molecule has 0 fully saturated rings. The minimum Gasteiger partial charge on any atom is -0.324 e. The number of hydrogen-bond acceptors (Lipinski definition) is 5. The van der Waals surface area contributed by atoms with Gasteiger partial charge in [-0.2, -0.15) is 5.26 Å². The van der Waals surface area contributed by atoms with Gasteiger partial charge in [0.2, 0.25) is 5.95 Å². The topological polar surface area (TPSA) is 90.7 Å². The minimum absolute atomic E-state index is 0.278. The van der Waals surface area contributed by atoms with Crippen LogP contribution in [0.2, 0.25) is 0 Å². The van der Waals surface area contributed by atoms with E-state index in [0.29, 0.717) is 22.9 Å². The molecule has 2 N–H and O–H groups in total. The van der Waals surface area contributed by atoms with E-state index >= 15 is 0 Å². The van der Waals surface area contributed by atoms with E-state index in [2.05, 4.69) is 40.5 Å². The maximum atomic E-state index is 12.9. The Morgan fingerprint density at radius 1 is 1.03 bits per heavy atom. The van der Waals surface area contributed by atoms with Gasteiger partial charge in [-0.1, -0.05) is 38.1 Å². The fourth-order valence-corrected chi connectivity index (χ4v) is 3.12. The first kappa shape index (κ1) is 20.0. The molecule has 0 bridgehead atoms. The Labute approximate surface area is 170 Å². The van der Waals surface area contributed by atoms with Crippen molar-refractivity contribution >= 4 is 23.2 Å². The Hall–Kier alpha value is -3.72. The van der Waals surface area contributed by atoms with Crippen LogP contribution in [0.15, 0.2) is 48.5 Å². The van der Waals surface area contributed by atoms with E-state index in [0.717, 1.165) is 29.7 Å². The lowest BCUT2D eigenvalue weighted by atomic mass is 10.0.